The molecule has 1 nitrogen and oxygen atoms in total. The van der Waals surface area contributed by atoms with Crippen molar-refractivity contribution in [2.24, 2.45) is 11.8 Å². The molecule has 4 aliphatic rings. The Hall–Kier alpha value is -1.90. The molecule has 2 aromatic carbocycles. The molecule has 0 spiro atoms. The summed E-state index contributed by atoms with van der Waals surface area (Å²) in [5.41, 5.74) is 13.0. The lowest BCUT2D eigenvalue weighted by Gasteiger charge is -2.57. The van der Waals surface area contributed by atoms with Crippen LogP contribution in [-0.2, 0) is 18.3 Å². The zero-order chi connectivity index (χ0) is 46.5. The van der Waals surface area contributed by atoms with E-state index >= 15 is 0 Å². The van der Waals surface area contributed by atoms with Crippen LogP contribution in [0.1, 0.15) is 269 Å². The molecule has 4 atom stereocenters. The van der Waals surface area contributed by atoms with E-state index in [1.807, 2.05) is 0 Å². The summed E-state index contributed by atoms with van der Waals surface area (Å²) in [7, 11) is -1.98. The van der Waals surface area contributed by atoms with Crippen molar-refractivity contribution in [3.05, 3.63) is 88.0 Å². The van der Waals surface area contributed by atoms with Crippen molar-refractivity contribution in [3.63, 3.8) is 0 Å². The Labute approximate surface area is 405 Å². The molecule has 4 unspecified atom stereocenters. The Kier molecular flexibility index (Phi) is 19.8. The van der Waals surface area contributed by atoms with Gasteiger partial charge in [-0.15, -0.1) is 0 Å². The standard InChI is InChI=1S/C63H103NSi/c1-11-13-15-17-19-21-23-25-27-29-31-36-43-63(44-37-32-30-28-26-24-22-20-18-16-14-12-2)58-46-52-42-38-41-51(52)45-55(58)56-47-57-54(48-59(56)63)53(50-39-34-33-35-40-50)49-60(57)65(9,10)64(61(3,4)5)62(6,7)8/h33-35,39-40,45-48,53-54,57,60H,11-32,36-38,41-44,49H2,1-10H3. The lowest BCUT2D eigenvalue weighted by Crippen LogP contribution is -2.67. The molecule has 0 radical (unpaired) electrons. The summed E-state index contributed by atoms with van der Waals surface area (Å²) in [5, 5.41) is 0. The minimum atomic E-state index is -1.98. The van der Waals surface area contributed by atoms with Crippen molar-refractivity contribution in [1.82, 2.24) is 4.57 Å². The minimum absolute atomic E-state index is 0.120. The van der Waals surface area contributed by atoms with E-state index in [9.17, 15) is 0 Å². The Bertz CT molecular complexity index is 1740. The number of hydrogen-bond donors (Lipinski definition) is 0. The summed E-state index contributed by atoms with van der Waals surface area (Å²) in [4.78, 5) is 0. The van der Waals surface area contributed by atoms with Crippen molar-refractivity contribution < 1.29 is 0 Å². The molecule has 0 aromatic heterocycles. The lowest BCUT2D eigenvalue weighted by atomic mass is 9.67. The SMILES string of the molecule is CCCCCCCCCCCCCCC1(CCCCCCCCCCCCCC)C2=CC3C(c4ccccc4)CC([Si](C)(C)N(C(C)(C)C)C(C)(C)C)C3C=C2c2cc3c(cc21)CCC3. The molecule has 2 aromatic rings. The van der Waals surface area contributed by atoms with Crippen LogP contribution in [0.25, 0.3) is 5.57 Å². The van der Waals surface area contributed by atoms with Crippen molar-refractivity contribution in [2.45, 2.75) is 289 Å². The van der Waals surface area contributed by atoms with Gasteiger partial charge in [-0.25, -0.2) is 0 Å². The second kappa shape index (κ2) is 24.6. The smallest absolute Gasteiger partial charge is 0.127 e. The molecule has 1 fully saturated rings. The van der Waals surface area contributed by atoms with Gasteiger partial charge in [0.25, 0.3) is 0 Å². The summed E-state index contributed by atoms with van der Waals surface area (Å²) < 4.78 is 3.04. The van der Waals surface area contributed by atoms with Crippen LogP contribution in [0, 0.1) is 11.8 Å². The topological polar surface area (TPSA) is 3.24 Å². The second-order valence-corrected chi connectivity index (χ2v) is 29.4. The average Bonchev–Trinajstić information content (AvgIpc) is 3.95. The van der Waals surface area contributed by atoms with Gasteiger partial charge in [-0.3, -0.25) is 0 Å². The first-order valence-corrected chi connectivity index (χ1v) is 31.7. The third-order valence-electron chi connectivity index (χ3n) is 17.4. The molecule has 0 amide bonds. The van der Waals surface area contributed by atoms with Crippen LogP contribution in [0.5, 0.6) is 0 Å². The molecule has 1 saturated carbocycles. The summed E-state index contributed by atoms with van der Waals surface area (Å²) in [6, 6.07) is 17.5. The van der Waals surface area contributed by atoms with Gasteiger partial charge in [-0.2, -0.15) is 0 Å². The van der Waals surface area contributed by atoms with Crippen molar-refractivity contribution in [3.8, 4) is 0 Å². The number of hydrogen-bond acceptors (Lipinski definition) is 1. The number of rotatable bonds is 29. The summed E-state index contributed by atoms with van der Waals surface area (Å²) in [6.07, 6.45) is 48.1. The van der Waals surface area contributed by atoms with Crippen LogP contribution < -0.4 is 0 Å². The van der Waals surface area contributed by atoms with Crippen LogP contribution in [0.15, 0.2) is 60.2 Å². The zero-order valence-electron chi connectivity index (χ0n) is 44.7. The third kappa shape index (κ3) is 13.3. The van der Waals surface area contributed by atoms with Gasteiger partial charge in [-0.1, -0.05) is 236 Å². The van der Waals surface area contributed by atoms with Crippen molar-refractivity contribution >= 4 is 13.8 Å². The van der Waals surface area contributed by atoms with E-state index in [4.69, 9.17) is 0 Å². The predicted molar refractivity (Wildman–Crippen MR) is 291 cm³/mol. The molecule has 0 aliphatic heterocycles. The molecular weight excluding hydrogens is 799 g/mol. The molecular formula is C63H103NSi. The monoisotopic (exact) mass is 902 g/mol. The Morgan fingerprint density at radius 3 is 1.46 bits per heavy atom. The molecule has 65 heavy (non-hydrogen) atoms. The number of allylic oxidation sites excluding steroid dienone is 4. The first-order valence-electron chi connectivity index (χ1n) is 28.7. The van der Waals surface area contributed by atoms with E-state index in [0.29, 0.717) is 23.3 Å². The first kappa shape index (κ1) is 52.5. The van der Waals surface area contributed by atoms with Gasteiger partial charge in [0.15, 0.2) is 0 Å². The maximum Gasteiger partial charge on any atom is 0.127 e. The Morgan fingerprint density at radius 1 is 0.554 bits per heavy atom. The highest BCUT2D eigenvalue weighted by atomic mass is 28.3. The largest absolute Gasteiger partial charge is 0.314 e. The third-order valence-corrected chi connectivity index (χ3v) is 22.3. The highest BCUT2D eigenvalue weighted by Gasteiger charge is 2.57. The quantitative estimate of drug-likeness (QED) is 0.0581. The Morgan fingerprint density at radius 2 is 1.00 bits per heavy atom. The van der Waals surface area contributed by atoms with Gasteiger partial charge in [0.1, 0.15) is 8.24 Å². The van der Waals surface area contributed by atoms with Crippen LogP contribution in [0.2, 0.25) is 18.6 Å². The number of fused-ring (bicyclic) bond motifs is 5. The molecule has 0 saturated heterocycles. The van der Waals surface area contributed by atoms with Gasteiger partial charge in [-0.05, 0) is 142 Å². The second-order valence-electron chi connectivity index (χ2n) is 24.9. The van der Waals surface area contributed by atoms with Crippen molar-refractivity contribution in [1.29, 1.82) is 0 Å². The van der Waals surface area contributed by atoms with Gasteiger partial charge in [0.2, 0.25) is 0 Å². The van der Waals surface area contributed by atoms with E-state index in [1.165, 1.54) is 193 Å². The van der Waals surface area contributed by atoms with Crippen LogP contribution in [0.4, 0.5) is 0 Å². The maximum absolute atomic E-state index is 3.04. The summed E-state index contributed by atoms with van der Waals surface area (Å²) in [6.45, 7) is 25.2. The Balaban J connectivity index is 1.29. The minimum Gasteiger partial charge on any atom is -0.314 e. The highest BCUT2D eigenvalue weighted by molar-refractivity contribution is 6.76. The van der Waals surface area contributed by atoms with E-state index in [2.05, 4.69) is 128 Å². The van der Waals surface area contributed by atoms with E-state index in [-0.39, 0.29) is 16.5 Å². The molecule has 0 bridgehead atoms. The van der Waals surface area contributed by atoms with Crippen LogP contribution >= 0.6 is 0 Å². The van der Waals surface area contributed by atoms with E-state index in [1.54, 1.807) is 39.0 Å². The highest BCUT2D eigenvalue weighted by Crippen LogP contribution is 2.65. The summed E-state index contributed by atoms with van der Waals surface area (Å²) >= 11 is 0. The molecule has 0 heterocycles. The molecule has 0 N–H and O–H groups in total. The van der Waals surface area contributed by atoms with E-state index in [0.717, 1.165) is 0 Å². The normalized spacial score (nSPS) is 21.3. The fraction of sp³-hybridized carbons (Fsp3) is 0.746. The van der Waals surface area contributed by atoms with Crippen LogP contribution in [-0.4, -0.2) is 23.9 Å². The summed E-state index contributed by atoms with van der Waals surface area (Å²) in [5.74, 6) is 1.73. The molecule has 4 aliphatic carbocycles. The van der Waals surface area contributed by atoms with Gasteiger partial charge >= 0.3 is 0 Å². The fourth-order valence-electron chi connectivity index (χ4n) is 15.1. The van der Waals surface area contributed by atoms with E-state index < -0.39 is 8.24 Å². The average molecular weight is 903 g/mol. The lowest BCUT2D eigenvalue weighted by molar-refractivity contribution is 0.122. The predicted octanol–water partition coefficient (Wildman–Crippen LogP) is 19.8. The van der Waals surface area contributed by atoms with Gasteiger partial charge < -0.3 is 4.57 Å². The number of unbranched alkanes of at least 4 members (excludes halogenated alkanes) is 22. The van der Waals surface area contributed by atoms with Gasteiger partial charge in [0, 0.05) is 16.5 Å². The molecule has 6 rings (SSSR count). The fourth-order valence-corrected chi connectivity index (χ4v) is 21.0. The van der Waals surface area contributed by atoms with Crippen LogP contribution in [0.3, 0.4) is 0 Å². The molecule has 2 heteroatoms. The maximum atomic E-state index is 3.04. The van der Waals surface area contributed by atoms with Gasteiger partial charge in [0.05, 0.1) is 0 Å². The molecule has 364 valence electrons. The number of benzene rings is 2. The zero-order valence-corrected chi connectivity index (χ0v) is 45.7. The number of aryl methyl sites for hydroxylation is 2. The number of nitrogens with zero attached hydrogens (tertiary/aromatic N) is 1. The van der Waals surface area contributed by atoms with Crippen molar-refractivity contribution in [2.75, 3.05) is 0 Å². The first-order chi connectivity index (χ1) is 31.2.